The van der Waals surface area contributed by atoms with Gasteiger partial charge in [-0.25, -0.2) is 0 Å². The van der Waals surface area contributed by atoms with Gasteiger partial charge in [0.05, 0.1) is 5.92 Å². The zero-order chi connectivity index (χ0) is 21.1. The second kappa shape index (κ2) is 8.47. The zero-order valence-corrected chi connectivity index (χ0v) is 17.2. The van der Waals surface area contributed by atoms with Gasteiger partial charge in [-0.3, -0.25) is 14.4 Å². The van der Waals surface area contributed by atoms with Crippen LogP contribution in [0.1, 0.15) is 28.7 Å². The van der Waals surface area contributed by atoms with Crippen LogP contribution in [0.5, 0.6) is 0 Å². The molecule has 0 radical (unpaired) electrons. The van der Waals surface area contributed by atoms with Crippen LogP contribution in [0.15, 0.2) is 36.4 Å². The third-order valence-corrected chi connectivity index (χ3v) is 5.13. The Morgan fingerprint density at radius 3 is 2.41 bits per heavy atom. The maximum atomic E-state index is 12.4. The molecular formula is C23H26N2O4. The summed E-state index contributed by atoms with van der Waals surface area (Å²) in [6, 6.07) is 11.6. The Morgan fingerprint density at radius 2 is 1.69 bits per heavy atom. The quantitative estimate of drug-likeness (QED) is 0.788. The van der Waals surface area contributed by atoms with Gasteiger partial charge in [0.1, 0.15) is 0 Å². The maximum absolute atomic E-state index is 12.4. The lowest BCUT2D eigenvalue weighted by molar-refractivity contribution is -0.151. The minimum Gasteiger partial charge on any atom is -0.455 e. The molecule has 1 atom stereocenters. The molecule has 1 heterocycles. The van der Waals surface area contributed by atoms with Crippen molar-refractivity contribution >= 4 is 29.2 Å². The third kappa shape index (κ3) is 4.83. The molecule has 0 aromatic heterocycles. The summed E-state index contributed by atoms with van der Waals surface area (Å²) in [5.74, 6) is -1.61. The molecule has 1 N–H and O–H groups in total. The Bertz CT molecular complexity index is 967. The van der Waals surface area contributed by atoms with Crippen molar-refractivity contribution in [1.82, 2.24) is 0 Å². The molecule has 1 aliphatic rings. The van der Waals surface area contributed by atoms with Gasteiger partial charge in [-0.15, -0.1) is 0 Å². The van der Waals surface area contributed by atoms with Gasteiger partial charge in [0.25, 0.3) is 5.91 Å². The number of hydrogen-bond acceptors (Lipinski definition) is 4. The molecule has 1 saturated heterocycles. The summed E-state index contributed by atoms with van der Waals surface area (Å²) in [7, 11) is 0. The average Bonchev–Trinajstić information content (AvgIpc) is 3.06. The molecule has 2 aromatic carbocycles. The number of nitrogens with one attached hydrogen (secondary N) is 1. The van der Waals surface area contributed by atoms with Crippen LogP contribution < -0.4 is 10.2 Å². The van der Waals surface area contributed by atoms with Crippen molar-refractivity contribution in [3.63, 3.8) is 0 Å². The topological polar surface area (TPSA) is 75.7 Å². The highest BCUT2D eigenvalue weighted by atomic mass is 16.5. The van der Waals surface area contributed by atoms with Crippen molar-refractivity contribution in [2.75, 3.05) is 23.4 Å². The molecule has 1 unspecified atom stereocenters. The lowest BCUT2D eigenvalue weighted by Gasteiger charge is -2.19. The first kappa shape index (κ1) is 20.6. The number of ether oxygens (including phenoxy) is 1. The second-order valence-corrected chi connectivity index (χ2v) is 7.67. The summed E-state index contributed by atoms with van der Waals surface area (Å²) >= 11 is 0. The lowest BCUT2D eigenvalue weighted by Crippen LogP contribution is -2.28. The number of carbonyl (C=O) groups excluding carboxylic acids is 3. The van der Waals surface area contributed by atoms with E-state index in [0.29, 0.717) is 5.69 Å². The van der Waals surface area contributed by atoms with Crippen molar-refractivity contribution in [3.05, 3.63) is 58.7 Å². The molecule has 2 amide bonds. The molecule has 1 aliphatic heterocycles. The summed E-state index contributed by atoms with van der Waals surface area (Å²) in [4.78, 5) is 38.6. The van der Waals surface area contributed by atoms with Crippen molar-refractivity contribution in [3.8, 4) is 0 Å². The molecule has 0 spiro atoms. The predicted octanol–water partition coefficient (Wildman–Crippen LogP) is 3.46. The normalized spacial score (nSPS) is 16.1. The number of rotatable bonds is 5. The number of carbonyl (C=O) groups is 3. The van der Waals surface area contributed by atoms with E-state index in [2.05, 4.69) is 5.32 Å². The summed E-state index contributed by atoms with van der Waals surface area (Å²) in [5.41, 5.74) is 5.50. The Morgan fingerprint density at radius 1 is 1.03 bits per heavy atom. The Labute approximate surface area is 170 Å². The molecule has 152 valence electrons. The van der Waals surface area contributed by atoms with Crippen LogP contribution in [0.2, 0.25) is 0 Å². The first-order valence-corrected chi connectivity index (χ1v) is 9.66. The number of hydrogen-bond donors (Lipinski definition) is 1. The highest BCUT2D eigenvalue weighted by Crippen LogP contribution is 2.29. The third-order valence-electron chi connectivity index (χ3n) is 5.13. The molecular weight excluding hydrogens is 368 g/mol. The fourth-order valence-electron chi connectivity index (χ4n) is 3.42. The highest BCUT2D eigenvalue weighted by Gasteiger charge is 2.36. The first-order valence-electron chi connectivity index (χ1n) is 9.66. The number of amides is 2. The number of esters is 1. The molecule has 6 heteroatoms. The molecule has 29 heavy (non-hydrogen) atoms. The van der Waals surface area contributed by atoms with Crippen LogP contribution in [-0.4, -0.2) is 30.9 Å². The SMILES string of the molecule is Cc1ccc(C)c(NC(=O)COC(=O)C2CC(=O)N(c3cc(C)ccc3C)C2)c1. The molecule has 3 rings (SSSR count). The van der Waals surface area contributed by atoms with Gasteiger partial charge in [-0.1, -0.05) is 24.3 Å². The van der Waals surface area contributed by atoms with E-state index in [1.807, 2.05) is 64.1 Å². The summed E-state index contributed by atoms with van der Waals surface area (Å²) < 4.78 is 5.19. The van der Waals surface area contributed by atoms with Crippen LogP contribution in [0.4, 0.5) is 11.4 Å². The van der Waals surface area contributed by atoms with Crippen molar-refractivity contribution in [2.45, 2.75) is 34.1 Å². The molecule has 6 nitrogen and oxygen atoms in total. The fraction of sp³-hybridized carbons (Fsp3) is 0.348. The van der Waals surface area contributed by atoms with Gasteiger partial charge >= 0.3 is 5.97 Å². The monoisotopic (exact) mass is 394 g/mol. The van der Waals surface area contributed by atoms with Crippen LogP contribution in [0, 0.1) is 33.6 Å². The Balaban J connectivity index is 1.57. The van der Waals surface area contributed by atoms with Crippen LogP contribution in [-0.2, 0) is 19.1 Å². The van der Waals surface area contributed by atoms with Gasteiger partial charge in [0.15, 0.2) is 6.61 Å². The second-order valence-electron chi connectivity index (χ2n) is 7.67. The molecule has 0 saturated carbocycles. The van der Waals surface area contributed by atoms with Crippen molar-refractivity contribution < 1.29 is 19.1 Å². The molecule has 0 bridgehead atoms. The van der Waals surface area contributed by atoms with Crippen LogP contribution >= 0.6 is 0 Å². The summed E-state index contributed by atoms with van der Waals surface area (Å²) in [5, 5.41) is 2.76. The number of benzene rings is 2. The van der Waals surface area contributed by atoms with Crippen LogP contribution in [0.3, 0.4) is 0 Å². The van der Waals surface area contributed by atoms with E-state index in [0.717, 1.165) is 27.9 Å². The standard InChI is InChI=1S/C23H26N2O4/c1-14-5-7-16(3)19(9-14)24-21(26)13-29-23(28)18-11-22(27)25(12-18)20-10-15(2)6-8-17(20)4/h5-10,18H,11-13H2,1-4H3,(H,24,26). The predicted molar refractivity (Wildman–Crippen MR) is 112 cm³/mol. The van der Waals surface area contributed by atoms with Gasteiger partial charge in [0.2, 0.25) is 5.91 Å². The van der Waals surface area contributed by atoms with Crippen molar-refractivity contribution in [2.24, 2.45) is 5.92 Å². The summed E-state index contributed by atoms with van der Waals surface area (Å²) in [6.07, 6.45) is 0.0881. The smallest absolute Gasteiger partial charge is 0.311 e. The van der Waals surface area contributed by atoms with Gasteiger partial charge < -0.3 is 15.0 Å². The van der Waals surface area contributed by atoms with Gasteiger partial charge in [-0.2, -0.15) is 0 Å². The van der Waals surface area contributed by atoms with Crippen LogP contribution in [0.25, 0.3) is 0 Å². The summed E-state index contributed by atoms with van der Waals surface area (Å²) in [6.45, 7) is 7.62. The minimum atomic E-state index is -0.573. The average molecular weight is 394 g/mol. The molecule has 0 aliphatic carbocycles. The molecule has 2 aromatic rings. The largest absolute Gasteiger partial charge is 0.455 e. The number of aryl methyl sites for hydroxylation is 4. The zero-order valence-electron chi connectivity index (χ0n) is 17.2. The number of anilines is 2. The van der Waals surface area contributed by atoms with E-state index in [1.54, 1.807) is 4.90 Å². The maximum Gasteiger partial charge on any atom is 0.311 e. The first-order chi connectivity index (χ1) is 13.7. The van der Waals surface area contributed by atoms with Crippen molar-refractivity contribution in [1.29, 1.82) is 0 Å². The highest BCUT2D eigenvalue weighted by molar-refractivity contribution is 6.00. The number of nitrogens with zero attached hydrogens (tertiary/aromatic N) is 1. The minimum absolute atomic E-state index is 0.0881. The van der Waals surface area contributed by atoms with E-state index >= 15 is 0 Å². The van der Waals surface area contributed by atoms with E-state index in [1.165, 1.54) is 0 Å². The molecule has 1 fully saturated rings. The Hall–Kier alpha value is -3.15. The lowest BCUT2D eigenvalue weighted by atomic mass is 10.1. The van der Waals surface area contributed by atoms with E-state index in [9.17, 15) is 14.4 Å². The van der Waals surface area contributed by atoms with E-state index < -0.39 is 17.8 Å². The van der Waals surface area contributed by atoms with Gasteiger partial charge in [0, 0.05) is 24.3 Å². The van der Waals surface area contributed by atoms with E-state index in [4.69, 9.17) is 4.74 Å². The Kier molecular flexibility index (Phi) is 6.01. The van der Waals surface area contributed by atoms with E-state index in [-0.39, 0.29) is 25.5 Å². The fourth-order valence-corrected chi connectivity index (χ4v) is 3.42. The van der Waals surface area contributed by atoms with Gasteiger partial charge in [-0.05, 0) is 62.1 Å².